The summed E-state index contributed by atoms with van der Waals surface area (Å²) in [7, 11) is 3.68. The summed E-state index contributed by atoms with van der Waals surface area (Å²) in [5.74, 6) is 0.941. The third-order valence-electron chi connectivity index (χ3n) is 2.35. The van der Waals surface area contributed by atoms with E-state index in [-0.39, 0.29) is 0 Å². The normalized spacial score (nSPS) is 10.9. The number of nitrogens with zero attached hydrogens (tertiary/aromatic N) is 2. The van der Waals surface area contributed by atoms with Crippen molar-refractivity contribution in [3.05, 3.63) is 24.0 Å². The molecule has 0 amide bonds. The van der Waals surface area contributed by atoms with Gasteiger partial charge < -0.3 is 14.6 Å². The Kier molecular flexibility index (Phi) is 2.60. The maximum Gasteiger partial charge on any atom is 0.118 e. The van der Waals surface area contributed by atoms with E-state index in [2.05, 4.69) is 16.0 Å². The van der Waals surface area contributed by atoms with Crippen LogP contribution in [0.2, 0.25) is 0 Å². The highest BCUT2D eigenvalue weighted by molar-refractivity contribution is 5.79. The number of H-pyrrole nitrogens is 1. The monoisotopic (exact) mass is 205 g/mol. The Morgan fingerprint density at radius 3 is 3.00 bits per heavy atom. The van der Waals surface area contributed by atoms with E-state index in [0.717, 1.165) is 22.5 Å². The lowest BCUT2D eigenvalue weighted by molar-refractivity contribution is 0.202. The van der Waals surface area contributed by atoms with Crippen molar-refractivity contribution < 1.29 is 4.74 Å². The molecule has 2 aromatic rings. The van der Waals surface area contributed by atoms with Crippen LogP contribution in [0.15, 0.2) is 18.2 Å². The minimum absolute atomic E-state index is 0.582. The minimum atomic E-state index is 0.582. The summed E-state index contributed by atoms with van der Waals surface area (Å²) in [6.07, 6.45) is 0. The van der Waals surface area contributed by atoms with Crippen LogP contribution in [-0.2, 0) is 4.74 Å². The van der Waals surface area contributed by atoms with Gasteiger partial charge in [-0.15, -0.1) is 0 Å². The van der Waals surface area contributed by atoms with Crippen LogP contribution in [0.5, 0.6) is 0 Å². The Labute approximate surface area is 88.9 Å². The number of aromatic nitrogens is 2. The molecule has 80 valence electrons. The molecule has 0 atom stereocenters. The topological polar surface area (TPSA) is 41.1 Å². The number of hydrogen-bond acceptors (Lipinski definition) is 3. The number of rotatable bonds is 3. The van der Waals surface area contributed by atoms with Gasteiger partial charge in [-0.05, 0) is 25.1 Å². The zero-order valence-electron chi connectivity index (χ0n) is 9.24. The van der Waals surface area contributed by atoms with Gasteiger partial charge in [0.05, 0.1) is 11.0 Å². The fourth-order valence-corrected chi connectivity index (χ4v) is 1.63. The minimum Gasteiger partial charge on any atom is -0.364 e. The molecule has 0 saturated carbocycles. The summed E-state index contributed by atoms with van der Waals surface area (Å²) in [4.78, 5) is 9.61. The van der Waals surface area contributed by atoms with Crippen molar-refractivity contribution >= 4 is 16.7 Å². The third-order valence-corrected chi connectivity index (χ3v) is 2.35. The number of fused-ring (bicyclic) bond motifs is 1. The van der Waals surface area contributed by atoms with Crippen LogP contribution in [0.3, 0.4) is 0 Å². The summed E-state index contributed by atoms with van der Waals surface area (Å²) in [6.45, 7) is 2.54. The highest BCUT2D eigenvalue weighted by Gasteiger charge is 2.03. The second kappa shape index (κ2) is 3.90. The second-order valence-electron chi connectivity index (χ2n) is 3.64. The molecule has 0 spiro atoms. The number of nitrogens with one attached hydrogen (secondary N) is 1. The number of ether oxygens (including phenoxy) is 1. The molecule has 1 aromatic heterocycles. The van der Waals surface area contributed by atoms with Crippen molar-refractivity contribution in [1.29, 1.82) is 0 Å². The Morgan fingerprint density at radius 2 is 2.27 bits per heavy atom. The maximum absolute atomic E-state index is 5.08. The van der Waals surface area contributed by atoms with E-state index >= 15 is 0 Å². The molecule has 0 aliphatic carbocycles. The molecule has 0 fully saturated rings. The van der Waals surface area contributed by atoms with Gasteiger partial charge in [0, 0.05) is 19.8 Å². The van der Waals surface area contributed by atoms with Gasteiger partial charge in [-0.3, -0.25) is 0 Å². The smallest absolute Gasteiger partial charge is 0.118 e. The van der Waals surface area contributed by atoms with Crippen molar-refractivity contribution in [1.82, 2.24) is 9.97 Å². The van der Waals surface area contributed by atoms with Gasteiger partial charge in [0.1, 0.15) is 12.6 Å². The predicted molar refractivity (Wildman–Crippen MR) is 61.1 cm³/mol. The van der Waals surface area contributed by atoms with Crippen LogP contribution >= 0.6 is 0 Å². The molecule has 4 heteroatoms. The summed E-state index contributed by atoms with van der Waals surface area (Å²) < 4.78 is 5.08. The highest BCUT2D eigenvalue weighted by Crippen LogP contribution is 2.19. The lowest BCUT2D eigenvalue weighted by Crippen LogP contribution is -2.19. The first-order valence-electron chi connectivity index (χ1n) is 4.87. The van der Waals surface area contributed by atoms with Crippen LogP contribution in [0.25, 0.3) is 11.0 Å². The van der Waals surface area contributed by atoms with Crippen molar-refractivity contribution in [2.24, 2.45) is 0 Å². The Balaban J connectivity index is 2.37. The largest absolute Gasteiger partial charge is 0.364 e. The second-order valence-corrected chi connectivity index (χ2v) is 3.64. The molecule has 4 nitrogen and oxygen atoms in total. The zero-order valence-corrected chi connectivity index (χ0v) is 9.24. The summed E-state index contributed by atoms with van der Waals surface area (Å²) in [5, 5.41) is 0. The average Bonchev–Trinajstić information content (AvgIpc) is 2.57. The number of aryl methyl sites for hydroxylation is 1. The molecule has 2 rings (SSSR count). The van der Waals surface area contributed by atoms with Crippen LogP contribution in [-0.4, -0.2) is 30.9 Å². The van der Waals surface area contributed by atoms with E-state index in [1.165, 1.54) is 0 Å². The number of hydrogen-bond donors (Lipinski definition) is 1. The average molecular weight is 205 g/mol. The van der Waals surface area contributed by atoms with E-state index in [0.29, 0.717) is 6.73 Å². The predicted octanol–water partition coefficient (Wildman–Crippen LogP) is 1.91. The lowest BCUT2D eigenvalue weighted by atomic mass is 10.2. The quantitative estimate of drug-likeness (QED) is 0.778. The molecule has 0 aliphatic heterocycles. The molecule has 1 N–H and O–H groups in total. The van der Waals surface area contributed by atoms with Crippen molar-refractivity contribution in [2.75, 3.05) is 25.8 Å². The molecule has 0 bridgehead atoms. The van der Waals surface area contributed by atoms with E-state index in [1.54, 1.807) is 7.11 Å². The van der Waals surface area contributed by atoms with E-state index in [4.69, 9.17) is 4.74 Å². The van der Waals surface area contributed by atoms with Crippen LogP contribution in [0, 0.1) is 6.92 Å². The molecule has 0 aliphatic rings. The first-order valence-corrected chi connectivity index (χ1v) is 4.87. The Bertz CT molecular complexity index is 464. The van der Waals surface area contributed by atoms with Crippen LogP contribution in [0.4, 0.5) is 5.69 Å². The number of aromatic amines is 1. The molecule has 0 radical (unpaired) electrons. The SMILES string of the molecule is COCN(C)c1ccc2nc(C)[nH]c2c1. The Morgan fingerprint density at radius 1 is 1.47 bits per heavy atom. The van der Waals surface area contributed by atoms with Gasteiger partial charge in [0.2, 0.25) is 0 Å². The first-order chi connectivity index (χ1) is 7.20. The van der Waals surface area contributed by atoms with Crippen LogP contribution < -0.4 is 4.90 Å². The van der Waals surface area contributed by atoms with Gasteiger partial charge in [-0.25, -0.2) is 4.98 Å². The fraction of sp³-hybridized carbons (Fsp3) is 0.364. The Hall–Kier alpha value is -1.55. The van der Waals surface area contributed by atoms with Gasteiger partial charge in [0.15, 0.2) is 0 Å². The van der Waals surface area contributed by atoms with Gasteiger partial charge >= 0.3 is 0 Å². The number of benzene rings is 1. The molecule has 1 heterocycles. The molecule has 1 aromatic carbocycles. The molecular weight excluding hydrogens is 190 g/mol. The van der Waals surface area contributed by atoms with Gasteiger partial charge in [-0.1, -0.05) is 0 Å². The highest BCUT2D eigenvalue weighted by atomic mass is 16.5. The van der Waals surface area contributed by atoms with Gasteiger partial charge in [-0.2, -0.15) is 0 Å². The lowest BCUT2D eigenvalue weighted by Gasteiger charge is -2.17. The van der Waals surface area contributed by atoms with Crippen LogP contribution in [0.1, 0.15) is 5.82 Å². The number of methoxy groups -OCH3 is 1. The summed E-state index contributed by atoms with van der Waals surface area (Å²) in [5.41, 5.74) is 3.18. The molecule has 0 unspecified atom stereocenters. The zero-order chi connectivity index (χ0) is 10.8. The molecule has 0 saturated heterocycles. The maximum atomic E-state index is 5.08. The molecular formula is C11H15N3O. The van der Waals surface area contributed by atoms with Crippen molar-refractivity contribution in [2.45, 2.75) is 6.92 Å². The van der Waals surface area contributed by atoms with Gasteiger partial charge in [0.25, 0.3) is 0 Å². The molecule has 15 heavy (non-hydrogen) atoms. The van der Waals surface area contributed by atoms with E-state index in [9.17, 15) is 0 Å². The number of anilines is 1. The van der Waals surface area contributed by atoms with Crippen molar-refractivity contribution in [3.63, 3.8) is 0 Å². The third kappa shape index (κ3) is 1.94. The summed E-state index contributed by atoms with van der Waals surface area (Å²) in [6, 6.07) is 6.14. The van der Waals surface area contributed by atoms with Crippen molar-refractivity contribution in [3.8, 4) is 0 Å². The standard InChI is InChI=1S/C11H15N3O/c1-8-12-10-5-4-9(6-11(10)13-8)14(2)7-15-3/h4-6H,7H2,1-3H3,(H,12,13). The first kappa shape index (κ1) is 9.98. The number of imidazole rings is 1. The fourth-order valence-electron chi connectivity index (χ4n) is 1.63. The van der Waals surface area contributed by atoms with E-state index in [1.807, 2.05) is 31.0 Å². The summed E-state index contributed by atoms with van der Waals surface area (Å²) >= 11 is 0. The van der Waals surface area contributed by atoms with E-state index < -0.39 is 0 Å².